The molecule has 0 aliphatic carbocycles. The lowest BCUT2D eigenvalue weighted by atomic mass is 10.1. The predicted octanol–water partition coefficient (Wildman–Crippen LogP) is 5.20. The summed E-state index contributed by atoms with van der Waals surface area (Å²) in [5.41, 5.74) is 1.27. The third kappa shape index (κ3) is 5.06. The van der Waals surface area contributed by atoms with Crippen molar-refractivity contribution in [3.05, 3.63) is 64.2 Å². The van der Waals surface area contributed by atoms with E-state index >= 15 is 0 Å². The Hall–Kier alpha value is -2.72. The molecule has 11 heteroatoms. The summed E-state index contributed by atoms with van der Waals surface area (Å²) in [4.78, 5) is 0. The minimum atomic E-state index is -2.81. The minimum Gasteiger partial charge on any atom is -0.496 e. The normalized spacial score (nSPS) is 11.4. The van der Waals surface area contributed by atoms with Crippen LogP contribution in [0.25, 0.3) is 0 Å². The van der Waals surface area contributed by atoms with Gasteiger partial charge in [0, 0.05) is 5.56 Å². The standard InChI is InChI=1S/C19H16ClF3N4O2S/c1-28-15-5-3-11(9-24-27-18(17(22)23)25-26-19(27)30-2)7-12(15)10-29-16-6-4-13(21)8-14(16)20/h3-9,17H,10H2,1-2H3. The quantitative estimate of drug-likeness (QED) is 0.344. The summed E-state index contributed by atoms with van der Waals surface area (Å²) in [5.74, 6) is -0.147. The van der Waals surface area contributed by atoms with Gasteiger partial charge < -0.3 is 9.47 Å². The van der Waals surface area contributed by atoms with E-state index in [0.29, 0.717) is 22.6 Å². The Balaban J connectivity index is 1.84. The highest BCUT2D eigenvalue weighted by Gasteiger charge is 2.19. The fourth-order valence-corrected chi connectivity index (χ4v) is 3.17. The first-order chi connectivity index (χ1) is 14.4. The van der Waals surface area contributed by atoms with E-state index in [1.165, 1.54) is 25.5 Å². The molecule has 0 saturated heterocycles. The number of hydrogen-bond donors (Lipinski definition) is 0. The molecule has 0 fully saturated rings. The van der Waals surface area contributed by atoms with Gasteiger partial charge in [0.2, 0.25) is 11.0 Å². The Bertz CT molecular complexity index is 1060. The number of methoxy groups -OCH3 is 1. The summed E-state index contributed by atoms with van der Waals surface area (Å²) in [5, 5.41) is 11.6. The van der Waals surface area contributed by atoms with Gasteiger partial charge in [-0.3, -0.25) is 0 Å². The number of hydrogen-bond acceptors (Lipinski definition) is 6. The number of aromatic nitrogens is 3. The Morgan fingerprint density at radius 2 is 1.97 bits per heavy atom. The summed E-state index contributed by atoms with van der Waals surface area (Å²) in [6, 6.07) is 8.96. The fourth-order valence-electron chi connectivity index (χ4n) is 2.51. The van der Waals surface area contributed by atoms with Crippen molar-refractivity contribution >= 4 is 29.6 Å². The number of nitrogens with zero attached hydrogens (tertiary/aromatic N) is 4. The minimum absolute atomic E-state index is 0.0845. The molecule has 30 heavy (non-hydrogen) atoms. The van der Waals surface area contributed by atoms with E-state index < -0.39 is 18.1 Å². The third-order valence-corrected chi connectivity index (χ3v) is 4.83. The highest BCUT2D eigenvalue weighted by Crippen LogP contribution is 2.28. The van der Waals surface area contributed by atoms with Crippen LogP contribution in [0.5, 0.6) is 11.5 Å². The van der Waals surface area contributed by atoms with Crippen LogP contribution in [0.4, 0.5) is 13.2 Å². The number of halogens is 4. The van der Waals surface area contributed by atoms with Gasteiger partial charge in [-0.2, -0.15) is 9.78 Å². The van der Waals surface area contributed by atoms with Crippen molar-refractivity contribution in [2.24, 2.45) is 5.10 Å². The van der Waals surface area contributed by atoms with Gasteiger partial charge in [-0.1, -0.05) is 23.4 Å². The molecule has 3 aromatic rings. The molecule has 3 rings (SSSR count). The SMILES string of the molecule is COc1ccc(C=Nn2c(SC)nnc2C(F)F)cc1COc1ccc(F)cc1Cl. The van der Waals surface area contributed by atoms with Crippen molar-refractivity contribution in [3.8, 4) is 11.5 Å². The van der Waals surface area contributed by atoms with Gasteiger partial charge in [0.1, 0.15) is 23.9 Å². The Labute approximate surface area is 179 Å². The van der Waals surface area contributed by atoms with Crippen LogP contribution in [-0.4, -0.2) is 34.5 Å². The van der Waals surface area contributed by atoms with Gasteiger partial charge in [0.25, 0.3) is 6.43 Å². The van der Waals surface area contributed by atoms with Crippen molar-refractivity contribution in [3.63, 3.8) is 0 Å². The van der Waals surface area contributed by atoms with Crippen LogP contribution in [0.2, 0.25) is 5.02 Å². The zero-order chi connectivity index (χ0) is 21.7. The smallest absolute Gasteiger partial charge is 0.299 e. The lowest BCUT2D eigenvalue weighted by Crippen LogP contribution is -2.02. The van der Waals surface area contributed by atoms with Crippen LogP contribution in [0.15, 0.2) is 46.7 Å². The molecule has 0 aliphatic heterocycles. The maximum atomic E-state index is 13.2. The van der Waals surface area contributed by atoms with Crippen molar-refractivity contribution in [1.29, 1.82) is 0 Å². The molecule has 2 aromatic carbocycles. The zero-order valence-corrected chi connectivity index (χ0v) is 17.4. The van der Waals surface area contributed by atoms with Crippen LogP contribution < -0.4 is 9.47 Å². The maximum absolute atomic E-state index is 13.2. The number of benzene rings is 2. The van der Waals surface area contributed by atoms with E-state index in [-0.39, 0.29) is 16.8 Å². The molecule has 158 valence electrons. The van der Waals surface area contributed by atoms with Gasteiger partial charge in [0.05, 0.1) is 18.3 Å². The van der Waals surface area contributed by atoms with Gasteiger partial charge in [-0.25, -0.2) is 13.2 Å². The second-order valence-corrected chi connectivity index (χ2v) is 7.02. The predicted molar refractivity (Wildman–Crippen MR) is 108 cm³/mol. The van der Waals surface area contributed by atoms with E-state index in [4.69, 9.17) is 21.1 Å². The van der Waals surface area contributed by atoms with Crippen LogP contribution in [-0.2, 0) is 6.61 Å². The summed E-state index contributed by atoms with van der Waals surface area (Å²) >= 11 is 7.13. The first-order valence-electron chi connectivity index (χ1n) is 8.49. The highest BCUT2D eigenvalue weighted by molar-refractivity contribution is 7.98. The molecule has 0 atom stereocenters. The van der Waals surface area contributed by atoms with Crippen LogP contribution >= 0.6 is 23.4 Å². The van der Waals surface area contributed by atoms with E-state index in [1.54, 1.807) is 24.5 Å². The van der Waals surface area contributed by atoms with Crippen LogP contribution in [0, 0.1) is 5.82 Å². The summed E-state index contributed by atoms with van der Waals surface area (Å²) < 4.78 is 51.4. The molecule has 1 aromatic heterocycles. The highest BCUT2D eigenvalue weighted by atomic mass is 35.5. The summed E-state index contributed by atoms with van der Waals surface area (Å²) in [6.45, 7) is 0.0845. The van der Waals surface area contributed by atoms with Crippen LogP contribution in [0.3, 0.4) is 0 Å². The van der Waals surface area contributed by atoms with Gasteiger partial charge in [-0.15, -0.1) is 10.2 Å². The molecule has 6 nitrogen and oxygen atoms in total. The van der Waals surface area contributed by atoms with Crippen molar-refractivity contribution in [2.75, 3.05) is 13.4 Å². The maximum Gasteiger partial charge on any atom is 0.299 e. The molecule has 0 saturated carbocycles. The average molecular weight is 457 g/mol. The number of ether oxygens (including phenoxy) is 2. The Morgan fingerprint density at radius 3 is 2.63 bits per heavy atom. The van der Waals surface area contributed by atoms with Gasteiger partial charge >= 0.3 is 0 Å². The molecule has 1 heterocycles. The molecule has 0 bridgehead atoms. The Kier molecular flexibility index (Phi) is 7.22. The number of thioether (sulfide) groups is 1. The molecule has 0 aliphatic rings. The number of rotatable bonds is 8. The second-order valence-electron chi connectivity index (χ2n) is 5.84. The summed E-state index contributed by atoms with van der Waals surface area (Å²) in [7, 11) is 1.51. The summed E-state index contributed by atoms with van der Waals surface area (Å²) in [6.07, 6.45) is 0.285. The molecule has 0 amide bonds. The topological polar surface area (TPSA) is 61.5 Å². The average Bonchev–Trinajstić information content (AvgIpc) is 3.15. The fraction of sp³-hybridized carbons (Fsp3) is 0.211. The molecule has 0 radical (unpaired) electrons. The van der Waals surface area contributed by atoms with Gasteiger partial charge in [-0.05, 0) is 48.2 Å². The molecule has 0 spiro atoms. The lowest BCUT2D eigenvalue weighted by Gasteiger charge is -2.12. The monoisotopic (exact) mass is 456 g/mol. The van der Waals surface area contributed by atoms with Crippen molar-refractivity contribution in [2.45, 2.75) is 18.2 Å². The lowest BCUT2D eigenvalue weighted by molar-refractivity contribution is 0.135. The van der Waals surface area contributed by atoms with E-state index in [1.807, 2.05) is 0 Å². The molecular formula is C19H16ClF3N4O2S. The van der Waals surface area contributed by atoms with Crippen molar-refractivity contribution in [1.82, 2.24) is 14.9 Å². The number of alkyl halides is 2. The first-order valence-corrected chi connectivity index (χ1v) is 10.1. The van der Waals surface area contributed by atoms with Gasteiger partial charge in [0.15, 0.2) is 0 Å². The Morgan fingerprint density at radius 1 is 1.20 bits per heavy atom. The second kappa shape index (κ2) is 9.86. The first kappa shape index (κ1) is 22.0. The van der Waals surface area contributed by atoms with Crippen molar-refractivity contribution < 1.29 is 22.6 Å². The largest absolute Gasteiger partial charge is 0.496 e. The molecule has 0 N–H and O–H groups in total. The zero-order valence-electron chi connectivity index (χ0n) is 15.9. The van der Waals surface area contributed by atoms with E-state index in [0.717, 1.165) is 22.5 Å². The van der Waals surface area contributed by atoms with Crippen LogP contribution in [0.1, 0.15) is 23.4 Å². The van der Waals surface area contributed by atoms with E-state index in [2.05, 4.69) is 15.3 Å². The molecule has 0 unspecified atom stereocenters. The van der Waals surface area contributed by atoms with E-state index in [9.17, 15) is 13.2 Å². The molecular weight excluding hydrogens is 441 g/mol. The third-order valence-electron chi connectivity index (χ3n) is 3.92.